The average molecular weight is 263 g/mol. The quantitative estimate of drug-likeness (QED) is 0.822. The van der Waals surface area contributed by atoms with E-state index >= 15 is 0 Å². The van der Waals surface area contributed by atoms with E-state index in [2.05, 4.69) is 0 Å². The van der Waals surface area contributed by atoms with Gasteiger partial charge >= 0.3 is 0 Å². The van der Waals surface area contributed by atoms with Crippen molar-refractivity contribution in [3.05, 3.63) is 70.0 Å². The zero-order valence-electron chi connectivity index (χ0n) is 9.61. The van der Waals surface area contributed by atoms with Crippen LogP contribution in [-0.2, 0) is 0 Å². The molecule has 0 fully saturated rings. The van der Waals surface area contributed by atoms with E-state index in [9.17, 15) is 9.50 Å². The fourth-order valence-electron chi connectivity index (χ4n) is 2.68. The molecule has 0 spiro atoms. The molecule has 0 aromatic heterocycles. The molecule has 1 aliphatic carbocycles. The third kappa shape index (κ3) is 1.82. The van der Waals surface area contributed by atoms with Gasteiger partial charge in [0.05, 0.1) is 6.10 Å². The highest BCUT2D eigenvalue weighted by atomic mass is 35.5. The molecule has 18 heavy (non-hydrogen) atoms. The zero-order chi connectivity index (χ0) is 12.7. The summed E-state index contributed by atoms with van der Waals surface area (Å²) in [4.78, 5) is 0. The van der Waals surface area contributed by atoms with Gasteiger partial charge < -0.3 is 5.11 Å². The van der Waals surface area contributed by atoms with Crippen molar-refractivity contribution >= 4 is 11.6 Å². The lowest BCUT2D eigenvalue weighted by molar-refractivity contribution is 0.176. The largest absolute Gasteiger partial charge is 0.388 e. The van der Waals surface area contributed by atoms with E-state index in [1.54, 1.807) is 12.1 Å². The van der Waals surface area contributed by atoms with Gasteiger partial charge in [-0.25, -0.2) is 4.39 Å². The summed E-state index contributed by atoms with van der Waals surface area (Å²) in [7, 11) is 0. The van der Waals surface area contributed by atoms with Gasteiger partial charge in [0.1, 0.15) is 5.82 Å². The second-order valence-electron chi connectivity index (χ2n) is 4.60. The topological polar surface area (TPSA) is 20.2 Å². The molecule has 0 saturated carbocycles. The summed E-state index contributed by atoms with van der Waals surface area (Å²) >= 11 is 6.23. The number of aliphatic hydroxyl groups excluding tert-OH is 1. The van der Waals surface area contributed by atoms with E-state index in [0.29, 0.717) is 11.4 Å². The molecular formula is C15H12ClFO. The Bertz CT molecular complexity index is 580. The van der Waals surface area contributed by atoms with Crippen molar-refractivity contribution in [1.82, 2.24) is 0 Å². The fraction of sp³-hybridized carbons (Fsp3) is 0.200. The Labute approximate surface area is 110 Å². The van der Waals surface area contributed by atoms with Crippen molar-refractivity contribution in [1.29, 1.82) is 0 Å². The molecule has 3 rings (SSSR count). The molecule has 0 aliphatic heterocycles. The Balaban J connectivity index is 2.10. The van der Waals surface area contributed by atoms with Crippen molar-refractivity contribution in [2.75, 3.05) is 0 Å². The number of hydrogen-bond donors (Lipinski definition) is 1. The molecule has 0 saturated heterocycles. The minimum Gasteiger partial charge on any atom is -0.388 e. The molecule has 0 unspecified atom stereocenters. The highest BCUT2D eigenvalue weighted by Gasteiger charge is 2.32. The molecule has 0 heterocycles. The first-order valence-electron chi connectivity index (χ1n) is 5.88. The third-order valence-corrected chi connectivity index (χ3v) is 3.86. The molecule has 0 bridgehead atoms. The van der Waals surface area contributed by atoms with E-state index in [0.717, 1.165) is 16.7 Å². The van der Waals surface area contributed by atoms with Crippen molar-refractivity contribution in [2.45, 2.75) is 18.4 Å². The predicted octanol–water partition coefficient (Wildman–Crippen LogP) is 4.05. The van der Waals surface area contributed by atoms with Crippen molar-refractivity contribution in [3.63, 3.8) is 0 Å². The first-order valence-corrected chi connectivity index (χ1v) is 6.26. The lowest BCUT2D eigenvalue weighted by Crippen LogP contribution is -1.97. The fourth-order valence-corrected chi connectivity index (χ4v) is 2.99. The molecule has 1 aliphatic rings. The minimum absolute atomic E-state index is 0.0456. The van der Waals surface area contributed by atoms with Gasteiger partial charge in [-0.15, -0.1) is 0 Å². The number of benzene rings is 2. The minimum atomic E-state index is -0.492. The standard InChI is InChI=1S/C15H12ClFO/c16-13-3-1-2-11-14(18)8-12(15(11)13)9-4-6-10(17)7-5-9/h1-7,12,14,18H,8H2/t12-,14+/m0/s1. The van der Waals surface area contributed by atoms with Crippen LogP contribution in [0.5, 0.6) is 0 Å². The molecular weight excluding hydrogens is 251 g/mol. The van der Waals surface area contributed by atoms with Gasteiger partial charge in [0.2, 0.25) is 0 Å². The van der Waals surface area contributed by atoms with Gasteiger partial charge in [0.15, 0.2) is 0 Å². The summed E-state index contributed by atoms with van der Waals surface area (Å²) in [5.41, 5.74) is 2.84. The summed E-state index contributed by atoms with van der Waals surface area (Å²) in [6.45, 7) is 0. The number of rotatable bonds is 1. The summed E-state index contributed by atoms with van der Waals surface area (Å²) in [6, 6.07) is 12.0. The Morgan fingerprint density at radius 2 is 1.83 bits per heavy atom. The van der Waals surface area contributed by atoms with E-state index in [-0.39, 0.29) is 11.7 Å². The molecule has 2 aromatic carbocycles. The number of hydrogen-bond acceptors (Lipinski definition) is 1. The van der Waals surface area contributed by atoms with Crippen LogP contribution in [0.25, 0.3) is 0 Å². The van der Waals surface area contributed by atoms with Gasteiger partial charge in [0.25, 0.3) is 0 Å². The summed E-state index contributed by atoms with van der Waals surface area (Å²) < 4.78 is 13.0. The average Bonchev–Trinajstić information content (AvgIpc) is 2.70. The zero-order valence-corrected chi connectivity index (χ0v) is 10.4. The van der Waals surface area contributed by atoms with Crippen LogP contribution in [0.3, 0.4) is 0 Å². The van der Waals surface area contributed by atoms with Gasteiger partial charge in [-0.2, -0.15) is 0 Å². The van der Waals surface area contributed by atoms with Gasteiger partial charge in [-0.3, -0.25) is 0 Å². The molecule has 1 N–H and O–H groups in total. The first kappa shape index (κ1) is 11.7. The van der Waals surface area contributed by atoms with Crippen LogP contribution in [0.2, 0.25) is 5.02 Å². The monoisotopic (exact) mass is 262 g/mol. The molecule has 1 nitrogen and oxygen atoms in total. The van der Waals surface area contributed by atoms with E-state index < -0.39 is 6.10 Å². The summed E-state index contributed by atoms with van der Waals surface area (Å²) in [5, 5.41) is 10.7. The molecule has 0 amide bonds. The maximum absolute atomic E-state index is 13.0. The maximum atomic E-state index is 13.0. The van der Waals surface area contributed by atoms with Crippen molar-refractivity contribution in [2.24, 2.45) is 0 Å². The second-order valence-corrected chi connectivity index (χ2v) is 5.01. The first-order chi connectivity index (χ1) is 8.66. The second kappa shape index (κ2) is 4.38. The van der Waals surface area contributed by atoms with Crippen LogP contribution in [0, 0.1) is 5.82 Å². The number of halogens is 2. The highest BCUT2D eigenvalue weighted by Crippen LogP contribution is 2.46. The molecule has 0 radical (unpaired) electrons. The summed E-state index contributed by atoms with van der Waals surface area (Å²) in [5.74, 6) is -0.207. The van der Waals surface area contributed by atoms with Crippen molar-refractivity contribution < 1.29 is 9.50 Å². The lowest BCUT2D eigenvalue weighted by Gasteiger charge is -2.13. The maximum Gasteiger partial charge on any atom is 0.123 e. The normalized spacial score (nSPS) is 21.9. The van der Waals surface area contributed by atoms with Gasteiger partial charge in [0, 0.05) is 10.9 Å². The highest BCUT2D eigenvalue weighted by molar-refractivity contribution is 6.31. The Hall–Kier alpha value is -1.38. The molecule has 2 atom stereocenters. The van der Waals surface area contributed by atoms with Crippen LogP contribution in [0.4, 0.5) is 4.39 Å². The van der Waals surface area contributed by atoms with Crippen LogP contribution >= 0.6 is 11.6 Å². The van der Waals surface area contributed by atoms with Crippen LogP contribution in [0.1, 0.15) is 35.1 Å². The van der Waals surface area contributed by atoms with Gasteiger partial charge in [-0.05, 0) is 41.3 Å². The third-order valence-electron chi connectivity index (χ3n) is 3.53. The molecule has 92 valence electrons. The van der Waals surface area contributed by atoms with Crippen LogP contribution in [-0.4, -0.2) is 5.11 Å². The summed E-state index contributed by atoms with van der Waals surface area (Å²) in [6.07, 6.45) is 0.110. The Morgan fingerprint density at radius 3 is 2.56 bits per heavy atom. The van der Waals surface area contributed by atoms with E-state index in [4.69, 9.17) is 11.6 Å². The lowest BCUT2D eigenvalue weighted by atomic mass is 9.93. The van der Waals surface area contributed by atoms with Gasteiger partial charge in [-0.1, -0.05) is 35.9 Å². The van der Waals surface area contributed by atoms with Crippen molar-refractivity contribution in [3.8, 4) is 0 Å². The van der Waals surface area contributed by atoms with Crippen LogP contribution < -0.4 is 0 Å². The number of aliphatic hydroxyl groups is 1. The van der Waals surface area contributed by atoms with E-state index in [1.165, 1.54) is 12.1 Å². The Kier molecular flexibility index (Phi) is 2.84. The predicted molar refractivity (Wildman–Crippen MR) is 69.3 cm³/mol. The molecule has 2 aromatic rings. The Morgan fingerprint density at radius 1 is 1.11 bits per heavy atom. The van der Waals surface area contributed by atoms with E-state index in [1.807, 2.05) is 18.2 Å². The SMILES string of the molecule is O[C@@H]1C[C@@H](c2ccc(F)cc2)c2c(Cl)cccc21. The smallest absolute Gasteiger partial charge is 0.123 e. The van der Waals surface area contributed by atoms with Crippen LogP contribution in [0.15, 0.2) is 42.5 Å². The molecule has 3 heteroatoms. The number of fused-ring (bicyclic) bond motifs is 1.